The molecule has 0 aromatic carbocycles. The van der Waals surface area contributed by atoms with Crippen LogP contribution in [0.15, 0.2) is 0 Å². The molecule has 2 N–H and O–H groups in total. The predicted octanol–water partition coefficient (Wildman–Crippen LogP) is 2.25. The van der Waals surface area contributed by atoms with Gasteiger partial charge in [0.1, 0.15) is 5.25 Å². The van der Waals surface area contributed by atoms with E-state index in [-0.39, 0.29) is 32.1 Å². The van der Waals surface area contributed by atoms with Gasteiger partial charge in [-0.3, -0.25) is 0 Å². The molecule has 20 heavy (non-hydrogen) atoms. The molecular weight excluding hydrogens is 295 g/mol. The number of hydrogen-bond donors (Lipinski definition) is 1. The Balaban J connectivity index is 2.10. The van der Waals surface area contributed by atoms with Crippen LogP contribution in [-0.2, 0) is 20.8 Å². The minimum Gasteiger partial charge on any atom is -0.598 e. The van der Waals surface area contributed by atoms with Crippen LogP contribution in [0, 0.1) is 5.41 Å². The summed E-state index contributed by atoms with van der Waals surface area (Å²) in [6, 6.07) is 0. The number of ether oxygens (including phenoxy) is 2. The molecule has 1 saturated carbocycles. The standard InChI is InChI=1S/C12H20F3NO3S/c1-9(20(16)17)8-10(12(13,14)15)2-4-11(5-3-10)18-6-7-19-11/h9H,2-8,16H2,1H3. The van der Waals surface area contributed by atoms with Gasteiger partial charge in [-0.2, -0.15) is 18.3 Å². The van der Waals surface area contributed by atoms with Gasteiger partial charge >= 0.3 is 6.18 Å². The van der Waals surface area contributed by atoms with E-state index in [2.05, 4.69) is 0 Å². The Morgan fingerprint density at radius 3 is 2.10 bits per heavy atom. The van der Waals surface area contributed by atoms with Crippen molar-refractivity contribution in [3.8, 4) is 0 Å². The molecule has 2 rings (SSSR count). The van der Waals surface area contributed by atoms with Crippen LogP contribution in [0.1, 0.15) is 39.0 Å². The first-order chi connectivity index (χ1) is 9.20. The first-order valence-corrected chi connectivity index (χ1v) is 7.97. The Labute approximate surface area is 119 Å². The molecule has 1 spiro atoms. The fraction of sp³-hybridized carbons (Fsp3) is 1.00. The van der Waals surface area contributed by atoms with Crippen LogP contribution in [0.25, 0.3) is 0 Å². The van der Waals surface area contributed by atoms with Crippen LogP contribution in [0.4, 0.5) is 13.2 Å². The van der Waals surface area contributed by atoms with Crippen molar-refractivity contribution < 1.29 is 27.2 Å². The fourth-order valence-corrected chi connectivity index (χ4v) is 3.61. The van der Waals surface area contributed by atoms with Gasteiger partial charge < -0.3 is 14.0 Å². The predicted molar refractivity (Wildman–Crippen MR) is 68.0 cm³/mol. The molecule has 0 aromatic heterocycles. The molecule has 118 valence electrons. The SMILES string of the molecule is CC(CC1(C(F)(F)F)CCC2(CC1)OCCO2)[S+](N)[O-]. The Morgan fingerprint density at radius 1 is 1.20 bits per heavy atom. The van der Waals surface area contributed by atoms with Crippen molar-refractivity contribution in [1.82, 2.24) is 0 Å². The van der Waals surface area contributed by atoms with E-state index >= 15 is 0 Å². The van der Waals surface area contributed by atoms with Crippen molar-refractivity contribution in [1.29, 1.82) is 0 Å². The minimum atomic E-state index is -4.33. The molecule has 0 radical (unpaired) electrons. The second-order valence-electron chi connectivity index (χ2n) is 5.73. The second kappa shape index (κ2) is 5.64. The van der Waals surface area contributed by atoms with Crippen molar-refractivity contribution in [3.05, 3.63) is 0 Å². The van der Waals surface area contributed by atoms with E-state index in [1.165, 1.54) is 6.92 Å². The molecule has 0 amide bonds. The quantitative estimate of drug-likeness (QED) is 0.811. The van der Waals surface area contributed by atoms with Crippen LogP contribution in [0.2, 0.25) is 0 Å². The average molecular weight is 315 g/mol. The second-order valence-corrected chi connectivity index (χ2v) is 7.19. The lowest BCUT2D eigenvalue weighted by Crippen LogP contribution is -2.49. The van der Waals surface area contributed by atoms with Crippen molar-refractivity contribution in [2.75, 3.05) is 13.2 Å². The topological polar surface area (TPSA) is 67.5 Å². The van der Waals surface area contributed by atoms with Gasteiger partial charge in [0.25, 0.3) is 0 Å². The maximum absolute atomic E-state index is 13.5. The van der Waals surface area contributed by atoms with Crippen LogP contribution < -0.4 is 5.14 Å². The minimum absolute atomic E-state index is 0.0714. The third-order valence-corrected chi connectivity index (χ3v) is 5.42. The summed E-state index contributed by atoms with van der Waals surface area (Å²) in [5.74, 6) is -0.833. The zero-order valence-electron chi connectivity index (χ0n) is 11.4. The van der Waals surface area contributed by atoms with E-state index in [4.69, 9.17) is 14.6 Å². The van der Waals surface area contributed by atoms with Gasteiger partial charge in [0.2, 0.25) is 0 Å². The van der Waals surface area contributed by atoms with Crippen LogP contribution >= 0.6 is 0 Å². The van der Waals surface area contributed by atoms with E-state index in [0.29, 0.717) is 13.2 Å². The first-order valence-electron chi connectivity index (χ1n) is 6.69. The summed E-state index contributed by atoms with van der Waals surface area (Å²) in [6.07, 6.45) is -4.25. The zero-order chi connectivity index (χ0) is 15.0. The third-order valence-electron chi connectivity index (χ3n) is 4.46. The number of rotatable bonds is 3. The van der Waals surface area contributed by atoms with E-state index in [9.17, 15) is 17.7 Å². The molecule has 0 bridgehead atoms. The third kappa shape index (κ3) is 3.09. The van der Waals surface area contributed by atoms with Gasteiger partial charge in [-0.05, 0) is 19.8 Å². The van der Waals surface area contributed by atoms with Gasteiger partial charge in [0.15, 0.2) is 5.79 Å². The molecule has 1 heterocycles. The van der Waals surface area contributed by atoms with Crippen LogP contribution in [-0.4, -0.2) is 35.0 Å². The van der Waals surface area contributed by atoms with Crippen molar-refractivity contribution in [3.63, 3.8) is 0 Å². The Hall–Kier alpha value is -0.0200. The van der Waals surface area contributed by atoms with E-state index < -0.39 is 34.0 Å². The number of nitrogens with two attached hydrogens (primary N) is 1. The summed E-state index contributed by atoms with van der Waals surface area (Å²) < 4.78 is 62.6. The summed E-state index contributed by atoms with van der Waals surface area (Å²) >= 11 is -1.75. The largest absolute Gasteiger partial charge is 0.598 e. The Morgan fingerprint density at radius 2 is 1.70 bits per heavy atom. The van der Waals surface area contributed by atoms with Gasteiger partial charge in [0.05, 0.1) is 18.6 Å². The van der Waals surface area contributed by atoms with Crippen molar-refractivity contribution >= 4 is 11.4 Å². The Bertz CT molecular complexity index is 335. The number of halogens is 3. The van der Waals surface area contributed by atoms with Crippen LogP contribution in [0.5, 0.6) is 0 Å². The van der Waals surface area contributed by atoms with Crippen LogP contribution in [0.3, 0.4) is 0 Å². The summed E-state index contributed by atoms with van der Waals surface area (Å²) in [4.78, 5) is 0. The van der Waals surface area contributed by atoms with Crippen molar-refractivity contribution in [2.24, 2.45) is 10.6 Å². The zero-order valence-corrected chi connectivity index (χ0v) is 12.2. The maximum atomic E-state index is 13.5. The molecule has 8 heteroatoms. The normalized spacial score (nSPS) is 28.5. The van der Waals surface area contributed by atoms with Crippen molar-refractivity contribution in [2.45, 2.75) is 56.2 Å². The number of hydrogen-bond acceptors (Lipinski definition) is 4. The molecular formula is C12H20F3NO3S. The monoisotopic (exact) mass is 315 g/mol. The van der Waals surface area contributed by atoms with E-state index in [0.717, 1.165) is 0 Å². The molecule has 0 aromatic rings. The van der Waals surface area contributed by atoms with E-state index in [1.54, 1.807) is 0 Å². The molecule has 2 atom stereocenters. The Kier molecular flexibility index (Phi) is 4.61. The highest BCUT2D eigenvalue weighted by Crippen LogP contribution is 2.55. The molecule has 1 aliphatic carbocycles. The molecule has 2 fully saturated rings. The molecule has 1 aliphatic heterocycles. The van der Waals surface area contributed by atoms with Gasteiger partial charge in [-0.1, -0.05) is 0 Å². The van der Waals surface area contributed by atoms with Gasteiger partial charge in [0, 0.05) is 30.6 Å². The molecule has 4 nitrogen and oxygen atoms in total. The smallest absolute Gasteiger partial charge is 0.394 e. The number of alkyl halides is 3. The summed E-state index contributed by atoms with van der Waals surface area (Å²) in [6.45, 7) is 2.36. The van der Waals surface area contributed by atoms with E-state index in [1.807, 2.05) is 0 Å². The lowest BCUT2D eigenvalue weighted by molar-refractivity contribution is -0.269. The molecule has 2 aliphatic rings. The maximum Gasteiger partial charge on any atom is 0.394 e. The summed E-state index contributed by atoms with van der Waals surface area (Å²) in [5.41, 5.74) is -1.83. The van der Waals surface area contributed by atoms with Gasteiger partial charge in [-0.15, -0.1) is 0 Å². The highest BCUT2D eigenvalue weighted by atomic mass is 32.2. The average Bonchev–Trinajstić information content (AvgIpc) is 2.79. The summed E-state index contributed by atoms with van der Waals surface area (Å²) in [5, 5.41) is 4.54. The lowest BCUT2D eigenvalue weighted by Gasteiger charge is -2.45. The highest BCUT2D eigenvalue weighted by molar-refractivity contribution is 7.89. The fourth-order valence-electron chi connectivity index (χ4n) is 3.13. The summed E-state index contributed by atoms with van der Waals surface area (Å²) in [7, 11) is 0. The lowest BCUT2D eigenvalue weighted by atomic mass is 9.68. The highest BCUT2D eigenvalue weighted by Gasteiger charge is 2.60. The van der Waals surface area contributed by atoms with Gasteiger partial charge in [-0.25, -0.2) is 0 Å². The molecule has 2 unspecified atom stereocenters. The molecule has 1 saturated heterocycles. The first kappa shape index (κ1) is 16.4.